The van der Waals surface area contributed by atoms with Gasteiger partial charge in [-0.05, 0) is 55.7 Å². The van der Waals surface area contributed by atoms with Crippen molar-refractivity contribution in [1.29, 1.82) is 0 Å². The number of halogens is 2. The predicted octanol–water partition coefficient (Wildman–Crippen LogP) is 2.67. The first-order chi connectivity index (χ1) is 12.8. The second-order valence-electron chi connectivity index (χ2n) is 8.59. The normalized spacial score (nSPS) is 20.6. The highest BCUT2D eigenvalue weighted by Crippen LogP contribution is 2.50. The molecule has 1 spiro atoms. The third-order valence-electron chi connectivity index (χ3n) is 6.45. The van der Waals surface area contributed by atoms with Gasteiger partial charge in [0.1, 0.15) is 5.56 Å². The second-order valence-corrected chi connectivity index (χ2v) is 8.59. The number of aromatic carboxylic acids is 1. The molecule has 2 aromatic heterocycles. The number of hydrogen-bond acceptors (Lipinski definition) is 4. The topological polar surface area (TPSA) is 88.0 Å². The smallest absolute Gasteiger partial charge is 0.341 e. The Kier molecular flexibility index (Phi) is 4.25. The molecule has 1 saturated heterocycles. The van der Waals surface area contributed by atoms with Gasteiger partial charge in [-0.2, -0.15) is 0 Å². The molecule has 28 heavy (non-hydrogen) atoms. The molecule has 5 rings (SSSR count). The number of hydrogen-bond donors (Lipinski definition) is 2. The van der Waals surface area contributed by atoms with E-state index in [1.54, 1.807) is 0 Å². The fourth-order valence-electron chi connectivity index (χ4n) is 5.12. The molecule has 3 aliphatic rings. The van der Waals surface area contributed by atoms with Gasteiger partial charge in [-0.15, -0.1) is 12.4 Å². The van der Waals surface area contributed by atoms with Crippen molar-refractivity contribution in [3.8, 4) is 0 Å². The van der Waals surface area contributed by atoms with Crippen LogP contribution in [0.5, 0.6) is 0 Å². The molecular weight excluding hydrogens is 385 g/mol. The Balaban J connectivity index is 0.00000192. The van der Waals surface area contributed by atoms with E-state index in [0.717, 1.165) is 50.5 Å². The summed E-state index contributed by atoms with van der Waals surface area (Å²) >= 11 is 0. The SMILES string of the molecule is Cc1c(N2CC3(CC(N)C3)C2)c(F)cn2c(=O)c(C(=O)O)cc(C3CC3)c12.Cl. The maximum Gasteiger partial charge on any atom is 0.341 e. The number of pyridine rings is 2. The number of nitrogens with two attached hydrogens (primary N) is 1. The van der Waals surface area contributed by atoms with Crippen LogP contribution in [0.15, 0.2) is 17.1 Å². The number of nitrogens with zero attached hydrogens (tertiary/aromatic N) is 2. The van der Waals surface area contributed by atoms with Gasteiger partial charge < -0.3 is 15.7 Å². The summed E-state index contributed by atoms with van der Waals surface area (Å²) in [4.78, 5) is 26.1. The number of carboxylic acid groups (broad SMARTS) is 1. The monoisotopic (exact) mass is 407 g/mol. The second kappa shape index (κ2) is 6.19. The van der Waals surface area contributed by atoms with Crippen molar-refractivity contribution in [3.63, 3.8) is 0 Å². The summed E-state index contributed by atoms with van der Waals surface area (Å²) in [7, 11) is 0. The fourth-order valence-corrected chi connectivity index (χ4v) is 5.12. The van der Waals surface area contributed by atoms with E-state index in [1.165, 1.54) is 10.5 Å². The molecule has 0 unspecified atom stereocenters. The van der Waals surface area contributed by atoms with Crippen LogP contribution >= 0.6 is 12.4 Å². The van der Waals surface area contributed by atoms with Gasteiger partial charge in [0, 0.05) is 24.5 Å². The molecule has 0 bridgehead atoms. The van der Waals surface area contributed by atoms with Crippen LogP contribution in [0.3, 0.4) is 0 Å². The van der Waals surface area contributed by atoms with E-state index in [4.69, 9.17) is 5.73 Å². The Morgan fingerprint density at radius 3 is 2.50 bits per heavy atom. The van der Waals surface area contributed by atoms with E-state index in [0.29, 0.717) is 16.8 Å². The minimum absolute atomic E-state index is 0. The predicted molar refractivity (Wildman–Crippen MR) is 106 cm³/mol. The Labute approximate surface area is 167 Å². The molecule has 6 nitrogen and oxygen atoms in total. The minimum atomic E-state index is -1.27. The van der Waals surface area contributed by atoms with Crippen molar-refractivity contribution in [2.75, 3.05) is 18.0 Å². The number of carboxylic acids is 1. The maximum atomic E-state index is 15.0. The van der Waals surface area contributed by atoms with Crippen molar-refractivity contribution in [1.82, 2.24) is 4.40 Å². The summed E-state index contributed by atoms with van der Waals surface area (Å²) in [6.45, 7) is 3.40. The van der Waals surface area contributed by atoms with Crippen LogP contribution in [0.2, 0.25) is 0 Å². The lowest BCUT2D eigenvalue weighted by atomic mass is 9.61. The van der Waals surface area contributed by atoms with Gasteiger partial charge >= 0.3 is 5.97 Å². The number of fused-ring (bicyclic) bond motifs is 1. The van der Waals surface area contributed by atoms with Crippen LogP contribution in [-0.4, -0.2) is 34.6 Å². The molecule has 0 amide bonds. The molecule has 1 aliphatic heterocycles. The van der Waals surface area contributed by atoms with Crippen molar-refractivity contribution < 1.29 is 14.3 Å². The van der Waals surface area contributed by atoms with Crippen LogP contribution < -0.4 is 16.2 Å². The largest absolute Gasteiger partial charge is 0.477 e. The van der Waals surface area contributed by atoms with Crippen LogP contribution in [0.1, 0.15) is 53.1 Å². The maximum absolute atomic E-state index is 15.0. The number of rotatable bonds is 3. The molecule has 8 heteroatoms. The lowest BCUT2D eigenvalue weighted by Gasteiger charge is -2.59. The molecule has 3 heterocycles. The first kappa shape index (κ1) is 19.2. The summed E-state index contributed by atoms with van der Waals surface area (Å²) in [6, 6.07) is 1.75. The molecule has 150 valence electrons. The van der Waals surface area contributed by atoms with Gasteiger partial charge in [-0.25, -0.2) is 9.18 Å². The first-order valence-corrected chi connectivity index (χ1v) is 9.42. The number of aryl methyl sites for hydroxylation is 1. The minimum Gasteiger partial charge on any atom is -0.477 e. The van der Waals surface area contributed by atoms with E-state index in [1.807, 2.05) is 11.8 Å². The average Bonchev–Trinajstić information content (AvgIpc) is 3.36. The molecule has 2 aliphatic carbocycles. The van der Waals surface area contributed by atoms with Crippen LogP contribution in [0.25, 0.3) is 5.52 Å². The van der Waals surface area contributed by atoms with E-state index in [9.17, 15) is 19.1 Å². The van der Waals surface area contributed by atoms with Crippen molar-refractivity contribution in [3.05, 3.63) is 45.1 Å². The quantitative estimate of drug-likeness (QED) is 0.816. The van der Waals surface area contributed by atoms with Crippen molar-refractivity contribution in [2.24, 2.45) is 11.1 Å². The lowest BCUT2D eigenvalue weighted by Crippen LogP contribution is -2.65. The van der Waals surface area contributed by atoms with Crippen LogP contribution in [0, 0.1) is 18.2 Å². The molecule has 2 saturated carbocycles. The van der Waals surface area contributed by atoms with Gasteiger partial charge in [0.05, 0.1) is 17.4 Å². The summed E-state index contributed by atoms with van der Waals surface area (Å²) in [5, 5.41) is 9.37. The van der Waals surface area contributed by atoms with Gasteiger partial charge in [0.15, 0.2) is 5.82 Å². The Morgan fingerprint density at radius 1 is 1.32 bits per heavy atom. The van der Waals surface area contributed by atoms with Crippen LogP contribution in [-0.2, 0) is 0 Å². The zero-order valence-corrected chi connectivity index (χ0v) is 16.4. The molecule has 0 aromatic carbocycles. The molecule has 3 fully saturated rings. The fraction of sp³-hybridized carbons (Fsp3) is 0.500. The third kappa shape index (κ3) is 2.63. The molecule has 3 N–H and O–H groups in total. The standard InChI is InChI=1S/C20H22FN3O3.ClH/c1-10-16-13(11-2-3-11)4-14(19(26)27)18(25)24(16)7-15(21)17(10)23-8-20(9-23)5-12(22)6-20;/h4,7,11-12H,2-3,5-6,8-9,22H2,1H3,(H,26,27);1H. The summed E-state index contributed by atoms with van der Waals surface area (Å²) < 4.78 is 16.2. The summed E-state index contributed by atoms with van der Waals surface area (Å²) in [5.41, 5.74) is 7.91. The Hall–Kier alpha value is -2.12. The summed E-state index contributed by atoms with van der Waals surface area (Å²) in [6.07, 6.45) is 5.04. The van der Waals surface area contributed by atoms with Crippen LogP contribution in [0.4, 0.5) is 10.1 Å². The van der Waals surface area contributed by atoms with E-state index >= 15 is 0 Å². The zero-order valence-electron chi connectivity index (χ0n) is 15.6. The molecular formula is C20H23ClFN3O3. The lowest BCUT2D eigenvalue weighted by molar-refractivity contribution is 0.0658. The molecule has 2 aromatic rings. The van der Waals surface area contributed by atoms with Gasteiger partial charge in [0.2, 0.25) is 0 Å². The highest BCUT2D eigenvalue weighted by molar-refractivity contribution is 5.89. The Bertz CT molecular complexity index is 1050. The van der Waals surface area contributed by atoms with Crippen molar-refractivity contribution in [2.45, 2.75) is 44.6 Å². The third-order valence-corrected chi connectivity index (χ3v) is 6.45. The zero-order chi connectivity index (χ0) is 19.1. The van der Waals surface area contributed by atoms with Gasteiger partial charge in [0.25, 0.3) is 5.56 Å². The molecule has 0 atom stereocenters. The van der Waals surface area contributed by atoms with Gasteiger partial charge in [-0.1, -0.05) is 0 Å². The highest BCUT2D eigenvalue weighted by Gasteiger charge is 2.52. The first-order valence-electron chi connectivity index (χ1n) is 9.42. The van der Waals surface area contributed by atoms with E-state index in [-0.39, 0.29) is 35.3 Å². The van der Waals surface area contributed by atoms with E-state index in [2.05, 4.69) is 0 Å². The number of carbonyl (C=O) groups is 1. The Morgan fingerprint density at radius 2 is 1.96 bits per heavy atom. The highest BCUT2D eigenvalue weighted by atomic mass is 35.5. The summed E-state index contributed by atoms with van der Waals surface area (Å²) in [5.74, 6) is -1.52. The average molecular weight is 408 g/mol. The van der Waals surface area contributed by atoms with E-state index < -0.39 is 17.3 Å². The van der Waals surface area contributed by atoms with Gasteiger partial charge in [-0.3, -0.25) is 9.20 Å². The number of aromatic nitrogens is 1. The molecule has 0 radical (unpaired) electrons. The number of anilines is 1. The van der Waals surface area contributed by atoms with Crippen molar-refractivity contribution >= 4 is 29.6 Å².